The van der Waals surface area contributed by atoms with E-state index >= 15 is 0 Å². The molecule has 0 aromatic heterocycles. The van der Waals surface area contributed by atoms with Gasteiger partial charge in [0.05, 0.1) is 26.6 Å². The van der Waals surface area contributed by atoms with Gasteiger partial charge in [0.15, 0.2) is 11.5 Å². The van der Waals surface area contributed by atoms with Crippen LogP contribution in [0, 0.1) is 0 Å². The molecule has 5 rings (SSSR count). The van der Waals surface area contributed by atoms with Gasteiger partial charge in [-0.05, 0) is 90.0 Å². The fourth-order valence-corrected chi connectivity index (χ4v) is 5.75. The van der Waals surface area contributed by atoms with Gasteiger partial charge in [-0.15, -0.1) is 11.8 Å². The molecule has 0 saturated heterocycles. The number of fused-ring (bicyclic) bond motifs is 1. The second-order valence-corrected chi connectivity index (χ2v) is 12.0. The molecule has 5 aromatic carbocycles. The molecule has 0 spiro atoms. The molecule has 10 heteroatoms. The summed E-state index contributed by atoms with van der Waals surface area (Å²) in [5.41, 5.74) is 2.16. The quantitative estimate of drug-likeness (QED) is 0.0943. The lowest BCUT2D eigenvalue weighted by molar-refractivity contribution is -0.115. The highest BCUT2D eigenvalue weighted by Crippen LogP contribution is 2.38. The predicted molar refractivity (Wildman–Crippen MR) is 191 cm³/mol. The van der Waals surface area contributed by atoms with Crippen LogP contribution in [0.1, 0.15) is 22.8 Å². The minimum atomic E-state index is -0.545. The van der Waals surface area contributed by atoms with Crippen LogP contribution in [0.25, 0.3) is 16.8 Å². The number of anilines is 2. The second-order valence-electron chi connectivity index (χ2n) is 10.6. The first kappa shape index (κ1) is 33.6. The molecule has 0 aliphatic carbocycles. The fourth-order valence-electron chi connectivity index (χ4n) is 4.88. The van der Waals surface area contributed by atoms with Crippen LogP contribution in [0.2, 0.25) is 0 Å². The zero-order valence-corrected chi connectivity index (χ0v) is 27.7. The molecular weight excluding hydrogens is 627 g/mol. The highest BCUT2D eigenvalue weighted by atomic mass is 32.2. The molecule has 0 fully saturated rings. The van der Waals surface area contributed by atoms with Gasteiger partial charge in [0, 0.05) is 21.8 Å². The Kier molecular flexibility index (Phi) is 11.0. The number of thioether (sulfide) groups is 1. The van der Waals surface area contributed by atoms with Crippen LogP contribution in [0.5, 0.6) is 17.2 Å². The zero-order chi connectivity index (χ0) is 34.0. The number of rotatable bonds is 12. The van der Waals surface area contributed by atoms with Crippen molar-refractivity contribution < 1.29 is 28.6 Å². The van der Waals surface area contributed by atoms with Crippen LogP contribution in [0.3, 0.4) is 0 Å². The largest absolute Gasteiger partial charge is 0.493 e. The fraction of sp³-hybridized carbons (Fsp3) is 0.132. The Hall–Kier alpha value is -5.74. The first-order valence-corrected chi connectivity index (χ1v) is 15.9. The summed E-state index contributed by atoms with van der Waals surface area (Å²) in [5.74, 6) is 0.0676. The molecule has 0 aliphatic heterocycles. The molecule has 0 radical (unpaired) electrons. The zero-order valence-electron chi connectivity index (χ0n) is 26.9. The number of hydrogen-bond donors (Lipinski definition) is 3. The standard InChI is InChI=1S/C38H35N3O6S/c1-24(36(42)40-30-15-14-26-10-8-9-13-28(26)23-30)48-31-18-16-29(17-19-31)39-38(44)32(41-37(43)27-11-6-5-7-12-27)20-25-21-33(45-2)35(47-4)34(22-25)46-3/h5-24H,1-4H3,(H,39,44)(H,40,42)(H,41,43)/b32-20-. The summed E-state index contributed by atoms with van der Waals surface area (Å²) in [6.45, 7) is 1.84. The third-order valence-corrected chi connectivity index (χ3v) is 8.45. The summed E-state index contributed by atoms with van der Waals surface area (Å²) in [5, 5.41) is 10.4. The van der Waals surface area contributed by atoms with Crippen LogP contribution in [0.15, 0.2) is 120 Å². The van der Waals surface area contributed by atoms with Gasteiger partial charge in [0.2, 0.25) is 11.7 Å². The van der Waals surface area contributed by atoms with Gasteiger partial charge in [0.1, 0.15) is 5.70 Å². The van der Waals surface area contributed by atoms with Crippen LogP contribution in [0.4, 0.5) is 11.4 Å². The van der Waals surface area contributed by atoms with Gasteiger partial charge < -0.3 is 30.2 Å². The Bertz CT molecular complexity index is 1940. The van der Waals surface area contributed by atoms with Gasteiger partial charge in [-0.25, -0.2) is 0 Å². The van der Waals surface area contributed by atoms with E-state index in [1.807, 2.05) is 61.5 Å². The smallest absolute Gasteiger partial charge is 0.272 e. The summed E-state index contributed by atoms with van der Waals surface area (Å²) >= 11 is 1.40. The first-order chi connectivity index (χ1) is 23.3. The topological polar surface area (TPSA) is 115 Å². The van der Waals surface area contributed by atoms with E-state index in [0.717, 1.165) is 21.4 Å². The van der Waals surface area contributed by atoms with Crippen molar-refractivity contribution in [2.45, 2.75) is 17.1 Å². The first-order valence-electron chi connectivity index (χ1n) is 15.0. The molecule has 3 amide bonds. The van der Waals surface area contributed by atoms with Crippen LogP contribution in [-0.2, 0) is 9.59 Å². The van der Waals surface area contributed by atoms with Gasteiger partial charge in [-0.3, -0.25) is 14.4 Å². The number of benzene rings is 5. The summed E-state index contributed by atoms with van der Waals surface area (Å²) in [7, 11) is 4.49. The molecule has 1 unspecified atom stereocenters. The van der Waals surface area contributed by atoms with Crippen molar-refractivity contribution in [3.8, 4) is 17.2 Å². The highest BCUT2D eigenvalue weighted by Gasteiger charge is 2.19. The van der Waals surface area contributed by atoms with Crippen molar-refractivity contribution >= 4 is 57.7 Å². The van der Waals surface area contributed by atoms with E-state index in [4.69, 9.17) is 14.2 Å². The van der Waals surface area contributed by atoms with Crippen molar-refractivity contribution in [3.05, 3.63) is 126 Å². The number of nitrogens with one attached hydrogen (secondary N) is 3. The molecule has 0 aliphatic rings. The summed E-state index contributed by atoms with van der Waals surface area (Å²) in [6, 6.07) is 32.9. The molecule has 48 heavy (non-hydrogen) atoms. The van der Waals surface area contributed by atoms with Crippen LogP contribution >= 0.6 is 11.8 Å². The van der Waals surface area contributed by atoms with E-state index in [1.165, 1.54) is 39.2 Å². The van der Waals surface area contributed by atoms with E-state index < -0.39 is 11.8 Å². The highest BCUT2D eigenvalue weighted by molar-refractivity contribution is 8.00. The number of amides is 3. The van der Waals surface area contributed by atoms with Gasteiger partial charge in [0.25, 0.3) is 11.8 Å². The summed E-state index contributed by atoms with van der Waals surface area (Å²) in [4.78, 5) is 40.5. The minimum Gasteiger partial charge on any atom is -0.493 e. The number of carbonyl (C=O) groups excluding carboxylic acids is 3. The molecule has 1 atom stereocenters. The number of carbonyl (C=O) groups is 3. The monoisotopic (exact) mass is 661 g/mol. The molecule has 244 valence electrons. The lowest BCUT2D eigenvalue weighted by Crippen LogP contribution is -2.30. The van der Waals surface area contributed by atoms with E-state index in [9.17, 15) is 14.4 Å². The molecule has 9 nitrogen and oxygen atoms in total. The maximum absolute atomic E-state index is 13.6. The summed E-state index contributed by atoms with van der Waals surface area (Å²) in [6.07, 6.45) is 1.53. The Morgan fingerprint density at radius 1 is 0.688 bits per heavy atom. The van der Waals surface area contributed by atoms with E-state index in [1.54, 1.807) is 54.6 Å². The third-order valence-electron chi connectivity index (χ3n) is 7.34. The van der Waals surface area contributed by atoms with Gasteiger partial charge >= 0.3 is 0 Å². The molecule has 3 N–H and O–H groups in total. The van der Waals surface area contributed by atoms with Crippen LogP contribution in [-0.4, -0.2) is 44.3 Å². The lowest BCUT2D eigenvalue weighted by Gasteiger charge is -2.15. The Labute approximate surface area is 283 Å². The number of methoxy groups -OCH3 is 3. The molecule has 0 bridgehead atoms. The van der Waals surface area contributed by atoms with Gasteiger partial charge in [-0.1, -0.05) is 48.5 Å². The Morgan fingerprint density at radius 3 is 1.96 bits per heavy atom. The van der Waals surface area contributed by atoms with Crippen molar-refractivity contribution in [1.82, 2.24) is 5.32 Å². The Balaban J connectivity index is 1.30. The van der Waals surface area contributed by atoms with E-state index in [2.05, 4.69) is 16.0 Å². The van der Waals surface area contributed by atoms with Crippen molar-refractivity contribution in [2.75, 3.05) is 32.0 Å². The molecule has 0 saturated carbocycles. The normalized spacial score (nSPS) is 11.7. The predicted octanol–water partition coefficient (Wildman–Crippen LogP) is 7.39. The third kappa shape index (κ3) is 8.34. The minimum absolute atomic E-state index is 0.00411. The average Bonchev–Trinajstić information content (AvgIpc) is 3.11. The van der Waals surface area contributed by atoms with Crippen molar-refractivity contribution in [1.29, 1.82) is 0 Å². The second kappa shape index (κ2) is 15.7. The number of hydrogen-bond acceptors (Lipinski definition) is 7. The molecule has 5 aromatic rings. The van der Waals surface area contributed by atoms with Crippen molar-refractivity contribution in [2.24, 2.45) is 0 Å². The van der Waals surface area contributed by atoms with Crippen molar-refractivity contribution in [3.63, 3.8) is 0 Å². The Morgan fingerprint density at radius 2 is 1.31 bits per heavy atom. The number of ether oxygens (including phenoxy) is 3. The van der Waals surface area contributed by atoms with E-state index in [0.29, 0.717) is 34.1 Å². The lowest BCUT2D eigenvalue weighted by atomic mass is 10.1. The van der Waals surface area contributed by atoms with Crippen LogP contribution < -0.4 is 30.2 Å². The molecule has 0 heterocycles. The molecular formula is C38H35N3O6S. The SMILES string of the molecule is COc1cc(/C=C(\NC(=O)c2ccccc2)C(=O)Nc2ccc(SC(C)C(=O)Nc3ccc4ccccc4c3)cc2)cc(OC)c1OC. The summed E-state index contributed by atoms with van der Waals surface area (Å²) < 4.78 is 16.3. The average molecular weight is 662 g/mol. The maximum Gasteiger partial charge on any atom is 0.272 e. The van der Waals surface area contributed by atoms with Gasteiger partial charge in [-0.2, -0.15) is 0 Å². The maximum atomic E-state index is 13.6. The van der Waals surface area contributed by atoms with E-state index in [-0.39, 0.29) is 16.9 Å².